The lowest BCUT2D eigenvalue weighted by atomic mass is 9.97. The third-order valence-electron chi connectivity index (χ3n) is 1.53. The normalized spacial score (nSPS) is 12.0. The van der Waals surface area contributed by atoms with E-state index in [1.54, 1.807) is 6.20 Å². The second-order valence-electron chi connectivity index (χ2n) is 4.15. The molecule has 1 rings (SSSR count). The second-order valence-corrected chi connectivity index (χ2v) is 4.15. The van der Waals surface area contributed by atoms with Gasteiger partial charge in [-0.3, -0.25) is 0 Å². The van der Waals surface area contributed by atoms with Crippen LogP contribution in [0.15, 0.2) is 6.20 Å². The number of nitrogens with two attached hydrogens (primary N) is 1. The number of rotatable bonds is 2. The summed E-state index contributed by atoms with van der Waals surface area (Å²) in [6, 6.07) is 0. The van der Waals surface area contributed by atoms with Crippen LogP contribution in [0.1, 0.15) is 26.5 Å². The SMILES string of the molecule is CC(C)(C)Cn1nncc1CN. The summed E-state index contributed by atoms with van der Waals surface area (Å²) in [4.78, 5) is 0. The molecule has 2 N–H and O–H groups in total. The number of nitrogens with zero attached hydrogens (tertiary/aromatic N) is 3. The Morgan fingerprint density at radius 2 is 2.17 bits per heavy atom. The molecule has 0 spiro atoms. The topological polar surface area (TPSA) is 56.7 Å². The molecule has 0 aliphatic rings. The van der Waals surface area contributed by atoms with Crippen molar-refractivity contribution in [2.24, 2.45) is 11.1 Å². The summed E-state index contributed by atoms with van der Waals surface area (Å²) in [5, 5.41) is 7.77. The van der Waals surface area contributed by atoms with Crippen molar-refractivity contribution in [3.8, 4) is 0 Å². The zero-order valence-corrected chi connectivity index (χ0v) is 7.91. The van der Waals surface area contributed by atoms with Crippen LogP contribution in [0, 0.1) is 5.41 Å². The largest absolute Gasteiger partial charge is 0.325 e. The molecule has 1 aromatic heterocycles. The molecule has 0 atom stereocenters. The molecule has 0 bridgehead atoms. The van der Waals surface area contributed by atoms with Crippen LogP contribution in [-0.4, -0.2) is 15.0 Å². The summed E-state index contributed by atoms with van der Waals surface area (Å²) in [6.07, 6.45) is 1.71. The van der Waals surface area contributed by atoms with Crippen LogP contribution in [0.3, 0.4) is 0 Å². The van der Waals surface area contributed by atoms with Gasteiger partial charge in [-0.1, -0.05) is 26.0 Å². The smallest absolute Gasteiger partial charge is 0.0738 e. The van der Waals surface area contributed by atoms with Crippen molar-refractivity contribution in [3.63, 3.8) is 0 Å². The maximum Gasteiger partial charge on any atom is 0.0738 e. The maximum atomic E-state index is 5.51. The Labute approximate surface area is 72.8 Å². The predicted molar refractivity (Wildman–Crippen MR) is 47.4 cm³/mol. The average Bonchev–Trinajstić information content (AvgIpc) is 2.31. The van der Waals surface area contributed by atoms with Crippen LogP contribution in [0.5, 0.6) is 0 Å². The molecule has 0 radical (unpaired) electrons. The average molecular weight is 168 g/mol. The Bertz CT molecular complexity index is 246. The van der Waals surface area contributed by atoms with Gasteiger partial charge < -0.3 is 5.73 Å². The van der Waals surface area contributed by atoms with Crippen molar-refractivity contribution in [2.75, 3.05) is 0 Å². The minimum absolute atomic E-state index is 0.220. The summed E-state index contributed by atoms with van der Waals surface area (Å²) >= 11 is 0. The third-order valence-corrected chi connectivity index (χ3v) is 1.53. The molecule has 68 valence electrons. The monoisotopic (exact) mass is 168 g/mol. The molecular weight excluding hydrogens is 152 g/mol. The van der Waals surface area contributed by atoms with E-state index in [2.05, 4.69) is 31.1 Å². The fourth-order valence-corrected chi connectivity index (χ4v) is 1.02. The molecule has 1 aromatic rings. The van der Waals surface area contributed by atoms with Crippen LogP contribution in [-0.2, 0) is 13.1 Å². The minimum atomic E-state index is 0.220. The van der Waals surface area contributed by atoms with Gasteiger partial charge in [0.1, 0.15) is 0 Å². The quantitative estimate of drug-likeness (QED) is 0.710. The lowest BCUT2D eigenvalue weighted by molar-refractivity contribution is 0.316. The molecule has 12 heavy (non-hydrogen) atoms. The molecule has 0 aliphatic heterocycles. The predicted octanol–water partition coefficient (Wildman–Crippen LogP) is 0.783. The summed E-state index contributed by atoms with van der Waals surface area (Å²) in [6.45, 7) is 7.85. The summed E-state index contributed by atoms with van der Waals surface area (Å²) in [5.41, 5.74) is 6.72. The van der Waals surface area contributed by atoms with Gasteiger partial charge in [0.05, 0.1) is 11.9 Å². The van der Waals surface area contributed by atoms with Crippen LogP contribution < -0.4 is 5.73 Å². The number of hydrogen-bond acceptors (Lipinski definition) is 3. The Morgan fingerprint density at radius 3 is 2.67 bits per heavy atom. The summed E-state index contributed by atoms with van der Waals surface area (Å²) in [7, 11) is 0. The van der Waals surface area contributed by atoms with Crippen LogP contribution in [0.4, 0.5) is 0 Å². The standard InChI is InChI=1S/C8H16N4/c1-8(2,3)6-12-7(4-9)5-10-11-12/h5H,4,6,9H2,1-3H3. The molecule has 0 fully saturated rings. The second kappa shape index (κ2) is 3.23. The van der Waals surface area contributed by atoms with Crippen molar-refractivity contribution in [3.05, 3.63) is 11.9 Å². The molecule has 0 saturated carbocycles. The Balaban J connectivity index is 2.75. The van der Waals surface area contributed by atoms with E-state index in [-0.39, 0.29) is 5.41 Å². The highest BCUT2D eigenvalue weighted by atomic mass is 15.4. The van der Waals surface area contributed by atoms with Crippen molar-refractivity contribution in [1.82, 2.24) is 15.0 Å². The van der Waals surface area contributed by atoms with E-state index < -0.39 is 0 Å². The van der Waals surface area contributed by atoms with Gasteiger partial charge >= 0.3 is 0 Å². The van der Waals surface area contributed by atoms with Gasteiger partial charge in [-0.05, 0) is 5.41 Å². The van der Waals surface area contributed by atoms with Crippen molar-refractivity contribution in [2.45, 2.75) is 33.9 Å². The van der Waals surface area contributed by atoms with Gasteiger partial charge in [0.2, 0.25) is 0 Å². The molecule has 0 amide bonds. The van der Waals surface area contributed by atoms with Gasteiger partial charge in [0.25, 0.3) is 0 Å². The highest BCUT2D eigenvalue weighted by molar-refractivity contribution is 4.92. The lowest BCUT2D eigenvalue weighted by Gasteiger charge is -2.18. The van der Waals surface area contributed by atoms with E-state index >= 15 is 0 Å². The summed E-state index contributed by atoms with van der Waals surface area (Å²) in [5.74, 6) is 0. The van der Waals surface area contributed by atoms with E-state index in [0.29, 0.717) is 6.54 Å². The molecule has 1 heterocycles. The first-order chi connectivity index (χ1) is 5.53. The molecule has 0 aliphatic carbocycles. The van der Waals surface area contributed by atoms with Gasteiger partial charge in [0.15, 0.2) is 0 Å². The first kappa shape index (κ1) is 9.19. The molecule has 0 saturated heterocycles. The van der Waals surface area contributed by atoms with Crippen molar-refractivity contribution in [1.29, 1.82) is 0 Å². The van der Waals surface area contributed by atoms with E-state index in [0.717, 1.165) is 12.2 Å². The van der Waals surface area contributed by atoms with E-state index in [1.807, 2.05) is 4.68 Å². The minimum Gasteiger partial charge on any atom is -0.325 e. The summed E-state index contributed by atoms with van der Waals surface area (Å²) < 4.78 is 1.86. The Kier molecular flexibility index (Phi) is 2.47. The molecule has 4 heteroatoms. The molecule has 0 aromatic carbocycles. The number of aromatic nitrogens is 3. The van der Waals surface area contributed by atoms with E-state index in [1.165, 1.54) is 0 Å². The molecule has 0 unspecified atom stereocenters. The zero-order chi connectivity index (χ0) is 9.19. The highest BCUT2D eigenvalue weighted by Crippen LogP contribution is 2.16. The maximum absolute atomic E-state index is 5.51. The van der Waals surface area contributed by atoms with Crippen LogP contribution in [0.2, 0.25) is 0 Å². The fourth-order valence-electron chi connectivity index (χ4n) is 1.02. The fraction of sp³-hybridized carbons (Fsp3) is 0.750. The lowest BCUT2D eigenvalue weighted by Crippen LogP contribution is -2.19. The highest BCUT2D eigenvalue weighted by Gasteiger charge is 2.13. The van der Waals surface area contributed by atoms with Gasteiger partial charge in [0, 0.05) is 13.1 Å². The Morgan fingerprint density at radius 1 is 1.50 bits per heavy atom. The zero-order valence-electron chi connectivity index (χ0n) is 7.91. The number of hydrogen-bond donors (Lipinski definition) is 1. The molecule has 4 nitrogen and oxygen atoms in total. The van der Waals surface area contributed by atoms with E-state index in [4.69, 9.17) is 5.73 Å². The van der Waals surface area contributed by atoms with Gasteiger partial charge in [-0.2, -0.15) is 0 Å². The van der Waals surface area contributed by atoms with Crippen molar-refractivity contribution >= 4 is 0 Å². The first-order valence-electron chi connectivity index (χ1n) is 4.10. The van der Waals surface area contributed by atoms with Crippen molar-refractivity contribution < 1.29 is 0 Å². The Hall–Kier alpha value is -0.900. The van der Waals surface area contributed by atoms with Crippen LogP contribution in [0.25, 0.3) is 0 Å². The van der Waals surface area contributed by atoms with Crippen LogP contribution >= 0.6 is 0 Å². The third kappa shape index (κ3) is 2.30. The first-order valence-corrected chi connectivity index (χ1v) is 4.10. The van der Waals surface area contributed by atoms with E-state index in [9.17, 15) is 0 Å². The molecular formula is C8H16N4. The van der Waals surface area contributed by atoms with Gasteiger partial charge in [-0.25, -0.2) is 4.68 Å². The van der Waals surface area contributed by atoms with Gasteiger partial charge in [-0.15, -0.1) is 5.10 Å².